The molecule has 0 spiro atoms. The number of hydrogen-bond acceptors (Lipinski definition) is 1. The Balaban J connectivity index is 1.86. The lowest BCUT2D eigenvalue weighted by molar-refractivity contribution is -0.123. The number of carbonyl (C=O) groups excluding carboxylic acids is 1. The van der Waals surface area contributed by atoms with E-state index < -0.39 is 0 Å². The topological polar surface area (TPSA) is 29.1 Å². The third kappa shape index (κ3) is 1.81. The predicted molar refractivity (Wildman–Crippen MR) is 82.8 cm³/mol. The van der Waals surface area contributed by atoms with Gasteiger partial charge in [0, 0.05) is 10.7 Å². The van der Waals surface area contributed by atoms with Crippen LogP contribution in [-0.2, 0) is 4.79 Å². The van der Waals surface area contributed by atoms with Crippen LogP contribution in [0.5, 0.6) is 0 Å². The Labute approximate surface area is 125 Å². The Morgan fingerprint density at radius 1 is 1.45 bits per heavy atom. The van der Waals surface area contributed by atoms with Gasteiger partial charge in [-0.05, 0) is 48.8 Å². The van der Waals surface area contributed by atoms with E-state index in [1.807, 2.05) is 12.1 Å². The summed E-state index contributed by atoms with van der Waals surface area (Å²) in [6.07, 6.45) is 2.98. The van der Waals surface area contributed by atoms with Gasteiger partial charge in [-0.1, -0.05) is 43.7 Å². The standard InChI is InChI=1S/C17H20ClNO/c1-11-16(2,3)12-7-8-17(11,10-12)15(20)19-14-6-4-5-13(18)9-14/h4-6,9,12H,1,7-8,10H2,2-3H3,(H,19,20). The van der Waals surface area contributed by atoms with E-state index in [-0.39, 0.29) is 16.7 Å². The second-order valence-corrected chi connectivity index (χ2v) is 7.12. The lowest BCUT2D eigenvalue weighted by Gasteiger charge is -2.37. The summed E-state index contributed by atoms with van der Waals surface area (Å²) in [5.74, 6) is 0.665. The number of benzene rings is 1. The average Bonchev–Trinajstić information content (AvgIpc) is 2.90. The molecule has 2 fully saturated rings. The van der Waals surface area contributed by atoms with Gasteiger partial charge in [0.25, 0.3) is 0 Å². The van der Waals surface area contributed by atoms with Gasteiger partial charge in [0.1, 0.15) is 0 Å². The highest BCUT2D eigenvalue weighted by molar-refractivity contribution is 6.30. The number of carbonyl (C=O) groups is 1. The first kappa shape index (κ1) is 13.7. The summed E-state index contributed by atoms with van der Waals surface area (Å²) in [5, 5.41) is 3.66. The molecule has 2 aliphatic carbocycles. The largest absolute Gasteiger partial charge is 0.325 e. The van der Waals surface area contributed by atoms with Gasteiger partial charge in [-0.2, -0.15) is 0 Å². The second-order valence-electron chi connectivity index (χ2n) is 6.69. The van der Waals surface area contributed by atoms with Crippen molar-refractivity contribution >= 4 is 23.2 Å². The molecular formula is C17H20ClNO. The molecule has 2 unspecified atom stereocenters. The van der Waals surface area contributed by atoms with E-state index in [1.165, 1.54) is 0 Å². The minimum absolute atomic E-state index is 0.0733. The minimum Gasteiger partial charge on any atom is -0.325 e. The Bertz CT molecular complexity index is 592. The molecule has 1 aromatic rings. The van der Waals surface area contributed by atoms with Crippen molar-refractivity contribution in [3.05, 3.63) is 41.4 Å². The van der Waals surface area contributed by atoms with E-state index >= 15 is 0 Å². The maximum atomic E-state index is 12.8. The highest BCUT2D eigenvalue weighted by Gasteiger charge is 2.60. The highest BCUT2D eigenvalue weighted by Crippen LogP contribution is 2.65. The van der Waals surface area contributed by atoms with E-state index in [2.05, 4.69) is 25.7 Å². The van der Waals surface area contributed by atoms with Crippen LogP contribution in [0.1, 0.15) is 33.1 Å². The molecular weight excluding hydrogens is 270 g/mol. The van der Waals surface area contributed by atoms with Crippen LogP contribution < -0.4 is 5.32 Å². The Morgan fingerprint density at radius 2 is 2.20 bits per heavy atom. The average molecular weight is 290 g/mol. The van der Waals surface area contributed by atoms with E-state index in [0.29, 0.717) is 10.9 Å². The van der Waals surface area contributed by atoms with Gasteiger partial charge in [0.05, 0.1) is 5.41 Å². The number of hydrogen-bond donors (Lipinski definition) is 1. The van der Waals surface area contributed by atoms with Gasteiger partial charge < -0.3 is 5.32 Å². The molecule has 1 aromatic carbocycles. The number of halogens is 1. The quantitative estimate of drug-likeness (QED) is 0.788. The van der Waals surface area contributed by atoms with Crippen LogP contribution in [-0.4, -0.2) is 5.91 Å². The lowest BCUT2D eigenvalue weighted by Crippen LogP contribution is -2.37. The van der Waals surface area contributed by atoms with Crippen molar-refractivity contribution in [1.82, 2.24) is 0 Å². The summed E-state index contributed by atoms with van der Waals surface area (Å²) in [7, 11) is 0. The molecule has 2 saturated carbocycles. The number of amides is 1. The van der Waals surface area contributed by atoms with E-state index in [9.17, 15) is 4.79 Å². The Hall–Kier alpha value is -1.28. The zero-order chi connectivity index (χ0) is 14.5. The zero-order valence-corrected chi connectivity index (χ0v) is 12.8. The molecule has 3 rings (SSSR count). The van der Waals surface area contributed by atoms with Crippen LogP contribution in [0, 0.1) is 16.7 Å². The van der Waals surface area contributed by atoms with Gasteiger partial charge in [-0.3, -0.25) is 4.79 Å². The van der Waals surface area contributed by atoms with Gasteiger partial charge in [-0.25, -0.2) is 0 Å². The monoisotopic (exact) mass is 289 g/mol. The molecule has 0 heterocycles. The smallest absolute Gasteiger partial charge is 0.234 e. The number of fused-ring (bicyclic) bond motifs is 2. The molecule has 0 radical (unpaired) electrons. The van der Waals surface area contributed by atoms with Gasteiger partial charge in [-0.15, -0.1) is 0 Å². The lowest BCUT2D eigenvalue weighted by atomic mass is 9.68. The summed E-state index contributed by atoms with van der Waals surface area (Å²) in [4.78, 5) is 12.8. The maximum absolute atomic E-state index is 12.8. The first-order valence-electron chi connectivity index (χ1n) is 7.13. The first-order valence-corrected chi connectivity index (χ1v) is 7.51. The molecule has 0 saturated heterocycles. The van der Waals surface area contributed by atoms with Crippen molar-refractivity contribution in [3.8, 4) is 0 Å². The van der Waals surface area contributed by atoms with Crippen molar-refractivity contribution in [2.24, 2.45) is 16.7 Å². The van der Waals surface area contributed by atoms with Crippen molar-refractivity contribution in [1.29, 1.82) is 0 Å². The molecule has 2 bridgehead atoms. The summed E-state index contributed by atoms with van der Waals surface area (Å²) in [6.45, 7) is 8.69. The van der Waals surface area contributed by atoms with Crippen LogP contribution in [0.25, 0.3) is 0 Å². The highest BCUT2D eigenvalue weighted by atomic mass is 35.5. The van der Waals surface area contributed by atoms with Crippen molar-refractivity contribution < 1.29 is 4.79 Å². The molecule has 0 aliphatic heterocycles. The SMILES string of the molecule is C=C1C2(C(=O)Nc3cccc(Cl)c3)CCC(C2)C1(C)C. The fourth-order valence-corrected chi connectivity index (χ4v) is 4.15. The number of nitrogens with one attached hydrogen (secondary N) is 1. The molecule has 1 amide bonds. The molecule has 0 aromatic heterocycles. The van der Waals surface area contributed by atoms with Crippen LogP contribution >= 0.6 is 11.6 Å². The van der Waals surface area contributed by atoms with Gasteiger partial charge in [0.2, 0.25) is 5.91 Å². The van der Waals surface area contributed by atoms with Crippen molar-refractivity contribution in [2.45, 2.75) is 33.1 Å². The minimum atomic E-state index is -0.378. The summed E-state index contributed by atoms with van der Waals surface area (Å²) >= 11 is 5.97. The molecule has 2 aliphatic rings. The fraction of sp³-hybridized carbons (Fsp3) is 0.471. The molecule has 1 N–H and O–H groups in total. The van der Waals surface area contributed by atoms with Crippen molar-refractivity contribution in [2.75, 3.05) is 5.32 Å². The summed E-state index contributed by atoms with van der Waals surface area (Å²) in [5.41, 5.74) is 1.55. The van der Waals surface area contributed by atoms with Gasteiger partial charge >= 0.3 is 0 Å². The third-order valence-corrected chi connectivity index (χ3v) is 5.64. The zero-order valence-electron chi connectivity index (χ0n) is 12.0. The van der Waals surface area contributed by atoms with Crippen LogP contribution in [0.2, 0.25) is 5.02 Å². The Kier molecular flexibility index (Phi) is 2.98. The van der Waals surface area contributed by atoms with Crippen LogP contribution in [0.3, 0.4) is 0 Å². The molecule has 20 heavy (non-hydrogen) atoms. The summed E-state index contributed by atoms with van der Waals surface area (Å²) in [6, 6.07) is 7.31. The predicted octanol–water partition coefficient (Wildman–Crippen LogP) is 4.66. The first-order chi connectivity index (χ1) is 9.36. The van der Waals surface area contributed by atoms with Crippen LogP contribution in [0.4, 0.5) is 5.69 Å². The molecule has 2 atom stereocenters. The number of anilines is 1. The third-order valence-electron chi connectivity index (χ3n) is 5.41. The molecule has 106 valence electrons. The summed E-state index contributed by atoms with van der Waals surface area (Å²) < 4.78 is 0. The Morgan fingerprint density at radius 3 is 2.80 bits per heavy atom. The normalized spacial score (nSPS) is 30.6. The van der Waals surface area contributed by atoms with Crippen LogP contribution in [0.15, 0.2) is 36.4 Å². The van der Waals surface area contributed by atoms with Crippen molar-refractivity contribution in [3.63, 3.8) is 0 Å². The van der Waals surface area contributed by atoms with E-state index in [1.54, 1.807) is 12.1 Å². The number of rotatable bonds is 2. The molecule has 3 heteroatoms. The molecule has 2 nitrogen and oxygen atoms in total. The van der Waals surface area contributed by atoms with E-state index in [4.69, 9.17) is 11.6 Å². The maximum Gasteiger partial charge on any atom is 0.234 e. The van der Waals surface area contributed by atoms with E-state index in [0.717, 1.165) is 30.5 Å². The van der Waals surface area contributed by atoms with Gasteiger partial charge in [0.15, 0.2) is 0 Å². The fourth-order valence-electron chi connectivity index (χ4n) is 3.96. The second kappa shape index (κ2) is 4.36.